The Morgan fingerprint density at radius 1 is 1.06 bits per heavy atom. The number of hydrogen-bond donors (Lipinski definition) is 2. The molecule has 2 aromatic carbocycles. The fourth-order valence-corrected chi connectivity index (χ4v) is 4.31. The molecule has 0 aliphatic rings. The third-order valence-corrected chi connectivity index (χ3v) is 6.28. The van der Waals surface area contributed by atoms with Crippen molar-refractivity contribution in [1.29, 1.82) is 0 Å². The van der Waals surface area contributed by atoms with Crippen molar-refractivity contribution in [3.63, 3.8) is 0 Å². The number of ether oxygens (including phenoxy) is 2. The average Bonchev–Trinajstić information content (AvgIpc) is 2.83. The van der Waals surface area contributed by atoms with E-state index in [-0.39, 0.29) is 21.9 Å². The molecule has 11 heteroatoms. The number of rotatable bonds is 10. The summed E-state index contributed by atoms with van der Waals surface area (Å²) in [5.74, 6) is -0.430. The maximum atomic E-state index is 12.9. The van der Waals surface area contributed by atoms with E-state index in [0.29, 0.717) is 23.1 Å². The Labute approximate surface area is 191 Å². The second kappa shape index (κ2) is 10.5. The smallest absolute Gasteiger partial charge is 0.287 e. The SMILES string of the molecule is CCCCCn1nc(C(=O)NNS(=O)(=O)c2cc(OC)ccc2OC)c2ccccc2c1=O. The van der Waals surface area contributed by atoms with E-state index < -0.39 is 15.9 Å². The molecule has 0 atom stereocenters. The number of hydrogen-bond acceptors (Lipinski definition) is 7. The van der Waals surface area contributed by atoms with Crippen LogP contribution in [-0.4, -0.2) is 38.3 Å². The van der Waals surface area contributed by atoms with Crippen molar-refractivity contribution in [2.45, 2.75) is 37.6 Å². The Bertz CT molecular complexity index is 1320. The van der Waals surface area contributed by atoms with Crippen LogP contribution in [0.2, 0.25) is 0 Å². The van der Waals surface area contributed by atoms with Gasteiger partial charge in [0.25, 0.3) is 21.5 Å². The molecule has 0 aliphatic carbocycles. The average molecular weight is 475 g/mol. The molecule has 0 radical (unpaired) electrons. The first-order valence-electron chi connectivity index (χ1n) is 10.4. The summed E-state index contributed by atoms with van der Waals surface area (Å²) in [5, 5.41) is 4.87. The predicted octanol–water partition coefficient (Wildman–Crippen LogP) is 2.23. The number of amides is 1. The molecule has 0 fully saturated rings. The van der Waals surface area contributed by atoms with E-state index in [1.54, 1.807) is 30.3 Å². The number of benzene rings is 2. The monoisotopic (exact) mass is 474 g/mol. The van der Waals surface area contributed by atoms with E-state index >= 15 is 0 Å². The Morgan fingerprint density at radius 3 is 2.45 bits per heavy atom. The van der Waals surface area contributed by atoms with Crippen LogP contribution >= 0.6 is 0 Å². The topological polar surface area (TPSA) is 129 Å². The Hall–Kier alpha value is -3.44. The van der Waals surface area contributed by atoms with Gasteiger partial charge in [0.2, 0.25) is 0 Å². The highest BCUT2D eigenvalue weighted by Gasteiger charge is 2.23. The maximum absolute atomic E-state index is 12.9. The van der Waals surface area contributed by atoms with Crippen LogP contribution in [0.1, 0.15) is 36.7 Å². The number of aryl methyl sites for hydroxylation is 1. The van der Waals surface area contributed by atoms with Crippen LogP contribution in [0.25, 0.3) is 10.8 Å². The molecular weight excluding hydrogens is 448 g/mol. The minimum atomic E-state index is -4.21. The number of nitrogens with one attached hydrogen (secondary N) is 2. The van der Waals surface area contributed by atoms with Crippen LogP contribution in [0.5, 0.6) is 11.5 Å². The molecule has 176 valence electrons. The molecule has 1 heterocycles. The van der Waals surface area contributed by atoms with Crippen molar-refractivity contribution in [2.24, 2.45) is 0 Å². The van der Waals surface area contributed by atoms with Crippen molar-refractivity contribution >= 4 is 26.7 Å². The molecule has 3 aromatic rings. The molecule has 1 amide bonds. The van der Waals surface area contributed by atoms with Gasteiger partial charge in [0.05, 0.1) is 19.6 Å². The van der Waals surface area contributed by atoms with Gasteiger partial charge in [-0.2, -0.15) is 5.10 Å². The lowest BCUT2D eigenvalue weighted by molar-refractivity contribution is 0.0939. The molecule has 2 N–H and O–H groups in total. The summed E-state index contributed by atoms with van der Waals surface area (Å²) in [5.41, 5.74) is 1.81. The van der Waals surface area contributed by atoms with Crippen LogP contribution in [-0.2, 0) is 16.6 Å². The van der Waals surface area contributed by atoms with Crippen LogP contribution in [0, 0.1) is 0 Å². The first kappa shape index (κ1) is 24.2. The third kappa shape index (κ3) is 5.32. The summed E-state index contributed by atoms with van der Waals surface area (Å²) in [4.78, 5) is 27.5. The fourth-order valence-electron chi connectivity index (χ4n) is 3.29. The number of nitrogens with zero attached hydrogens (tertiary/aromatic N) is 2. The second-order valence-electron chi connectivity index (χ2n) is 7.21. The normalized spacial score (nSPS) is 11.4. The molecule has 0 aliphatic heterocycles. The summed E-state index contributed by atoms with van der Waals surface area (Å²) >= 11 is 0. The van der Waals surface area contributed by atoms with Gasteiger partial charge in [-0.15, -0.1) is 4.83 Å². The van der Waals surface area contributed by atoms with Crippen molar-refractivity contribution < 1.29 is 22.7 Å². The molecule has 10 nitrogen and oxygen atoms in total. The van der Waals surface area contributed by atoms with Gasteiger partial charge in [0.15, 0.2) is 5.69 Å². The summed E-state index contributed by atoms with van der Waals surface area (Å²) in [6, 6.07) is 10.8. The van der Waals surface area contributed by atoms with E-state index in [0.717, 1.165) is 19.3 Å². The highest BCUT2D eigenvalue weighted by molar-refractivity contribution is 7.89. The molecule has 0 unspecified atom stereocenters. The quantitative estimate of drug-likeness (QED) is 0.341. The van der Waals surface area contributed by atoms with Gasteiger partial charge < -0.3 is 9.47 Å². The van der Waals surface area contributed by atoms with Gasteiger partial charge in [-0.1, -0.05) is 38.0 Å². The lowest BCUT2D eigenvalue weighted by Gasteiger charge is -2.14. The molecule has 0 saturated carbocycles. The number of hydrazine groups is 1. The zero-order valence-corrected chi connectivity index (χ0v) is 19.4. The summed E-state index contributed by atoms with van der Waals surface area (Å²) in [6.45, 7) is 2.39. The van der Waals surface area contributed by atoms with Gasteiger partial charge in [-0.3, -0.25) is 15.0 Å². The van der Waals surface area contributed by atoms with Crippen LogP contribution < -0.4 is 25.3 Å². The molecule has 1 aromatic heterocycles. The van der Waals surface area contributed by atoms with Crippen molar-refractivity contribution in [2.75, 3.05) is 14.2 Å². The first-order chi connectivity index (χ1) is 15.8. The number of sulfonamides is 1. The largest absolute Gasteiger partial charge is 0.497 e. The zero-order valence-electron chi connectivity index (χ0n) is 18.6. The lowest BCUT2D eigenvalue weighted by atomic mass is 10.1. The van der Waals surface area contributed by atoms with Gasteiger partial charge in [-0.05, 0) is 24.6 Å². The van der Waals surface area contributed by atoms with Crippen molar-refractivity contribution in [3.05, 3.63) is 58.5 Å². The van der Waals surface area contributed by atoms with Gasteiger partial charge in [-0.25, -0.2) is 13.1 Å². The van der Waals surface area contributed by atoms with Crippen LogP contribution in [0.3, 0.4) is 0 Å². The predicted molar refractivity (Wildman–Crippen MR) is 123 cm³/mol. The molecular formula is C22H26N4O6S. The highest BCUT2D eigenvalue weighted by atomic mass is 32.2. The zero-order chi connectivity index (χ0) is 24.0. The molecule has 33 heavy (non-hydrogen) atoms. The highest BCUT2D eigenvalue weighted by Crippen LogP contribution is 2.27. The van der Waals surface area contributed by atoms with Crippen molar-refractivity contribution in [1.82, 2.24) is 20.0 Å². The van der Waals surface area contributed by atoms with E-state index in [1.165, 1.54) is 31.0 Å². The number of carbonyl (C=O) groups is 1. The number of aromatic nitrogens is 2. The van der Waals surface area contributed by atoms with Crippen molar-refractivity contribution in [3.8, 4) is 11.5 Å². The molecule has 0 saturated heterocycles. The van der Waals surface area contributed by atoms with Crippen LogP contribution in [0.4, 0.5) is 0 Å². The lowest BCUT2D eigenvalue weighted by Crippen LogP contribution is -2.42. The van der Waals surface area contributed by atoms with E-state index in [2.05, 4.69) is 15.4 Å². The minimum Gasteiger partial charge on any atom is -0.497 e. The Kier molecular flexibility index (Phi) is 7.67. The standard InChI is InChI=1S/C22H26N4O6S/c1-4-5-8-13-26-22(28)17-10-7-6-9-16(17)20(24-26)21(27)23-25-33(29,30)19-14-15(31-2)11-12-18(19)32-3/h6-7,9-12,14,25H,4-5,8,13H2,1-3H3,(H,23,27). The van der Waals surface area contributed by atoms with E-state index in [1.807, 2.05) is 6.92 Å². The molecule has 0 bridgehead atoms. The number of fused-ring (bicyclic) bond motifs is 1. The van der Waals surface area contributed by atoms with Gasteiger partial charge in [0.1, 0.15) is 16.4 Å². The van der Waals surface area contributed by atoms with Gasteiger partial charge in [0, 0.05) is 18.0 Å². The maximum Gasteiger partial charge on any atom is 0.287 e. The second-order valence-corrected chi connectivity index (χ2v) is 8.86. The molecule has 3 rings (SSSR count). The van der Waals surface area contributed by atoms with E-state index in [4.69, 9.17) is 9.47 Å². The number of methoxy groups -OCH3 is 2. The van der Waals surface area contributed by atoms with Gasteiger partial charge >= 0.3 is 0 Å². The number of unbranched alkanes of at least 4 members (excludes halogenated alkanes) is 2. The molecule has 0 spiro atoms. The van der Waals surface area contributed by atoms with Crippen LogP contribution in [0.15, 0.2) is 52.2 Å². The summed E-state index contributed by atoms with van der Waals surface area (Å²) < 4.78 is 37.1. The summed E-state index contributed by atoms with van der Waals surface area (Å²) in [7, 11) is -1.48. The number of carbonyl (C=O) groups excluding carboxylic acids is 1. The van der Waals surface area contributed by atoms with E-state index in [9.17, 15) is 18.0 Å². The summed E-state index contributed by atoms with van der Waals surface area (Å²) in [6.07, 6.45) is 2.60. The minimum absolute atomic E-state index is 0.0676. The Morgan fingerprint density at radius 2 is 1.79 bits per heavy atom. The first-order valence-corrected chi connectivity index (χ1v) is 11.8. The Balaban J connectivity index is 1.92. The third-order valence-electron chi connectivity index (χ3n) is 5.02. The fraction of sp³-hybridized carbons (Fsp3) is 0.318.